The van der Waals surface area contributed by atoms with Crippen molar-refractivity contribution < 1.29 is 14.7 Å². The lowest BCUT2D eigenvalue weighted by Gasteiger charge is -2.29. The highest BCUT2D eigenvalue weighted by atomic mass is 32.1. The molecule has 3 N–H and O–H groups in total. The summed E-state index contributed by atoms with van der Waals surface area (Å²) in [7, 11) is 1.72. The van der Waals surface area contributed by atoms with Gasteiger partial charge in [-0.05, 0) is 26.2 Å². The topological polar surface area (TPSA) is 107 Å². The van der Waals surface area contributed by atoms with Crippen LogP contribution in [0.25, 0.3) is 0 Å². The lowest BCUT2D eigenvalue weighted by molar-refractivity contribution is -0.140. The molecule has 122 valence electrons. The fourth-order valence-electron chi connectivity index (χ4n) is 1.94. The summed E-state index contributed by atoms with van der Waals surface area (Å²) >= 11 is 4.99. The van der Waals surface area contributed by atoms with E-state index in [1.165, 1.54) is 28.7 Å². The second-order valence-corrected chi connectivity index (χ2v) is 5.12. The summed E-state index contributed by atoms with van der Waals surface area (Å²) in [6.45, 7) is 1.51. The molecule has 0 aromatic carbocycles. The Hall–Kier alpha value is -1.84. The van der Waals surface area contributed by atoms with Crippen LogP contribution >= 0.6 is 12.2 Å². The van der Waals surface area contributed by atoms with Crippen molar-refractivity contribution in [3.63, 3.8) is 0 Å². The van der Waals surface area contributed by atoms with Crippen LogP contribution in [0.4, 0.5) is 0 Å². The van der Waals surface area contributed by atoms with E-state index in [9.17, 15) is 19.5 Å². The van der Waals surface area contributed by atoms with E-state index in [1.54, 1.807) is 7.05 Å². The molecule has 0 aliphatic carbocycles. The number of H-pyrrole nitrogens is 1. The number of aromatic amines is 1. The van der Waals surface area contributed by atoms with Crippen molar-refractivity contribution in [1.29, 1.82) is 0 Å². The van der Waals surface area contributed by atoms with Crippen LogP contribution < -0.4 is 10.9 Å². The number of amides is 1. The van der Waals surface area contributed by atoms with E-state index in [4.69, 9.17) is 12.2 Å². The van der Waals surface area contributed by atoms with Crippen LogP contribution in [0.2, 0.25) is 0 Å². The maximum Gasteiger partial charge on any atom is 0.251 e. The van der Waals surface area contributed by atoms with E-state index in [1.807, 2.05) is 0 Å². The second-order valence-electron chi connectivity index (χ2n) is 4.74. The first kappa shape index (κ1) is 18.2. The summed E-state index contributed by atoms with van der Waals surface area (Å²) in [4.78, 5) is 38.9. The fraction of sp³-hybridized carbons (Fsp3) is 0.538. The number of carbonyl (C=O) groups is 2. The highest BCUT2D eigenvalue weighted by Crippen LogP contribution is 2.03. The molecule has 0 unspecified atom stereocenters. The first-order chi connectivity index (χ1) is 10.4. The summed E-state index contributed by atoms with van der Waals surface area (Å²) in [5, 5.41) is 12.3. The van der Waals surface area contributed by atoms with E-state index >= 15 is 0 Å². The van der Waals surface area contributed by atoms with Gasteiger partial charge in [0.05, 0.1) is 6.61 Å². The highest BCUT2D eigenvalue weighted by Gasteiger charge is 2.26. The summed E-state index contributed by atoms with van der Waals surface area (Å²) in [6.07, 6.45) is 1.41. The Kier molecular flexibility index (Phi) is 7.09. The van der Waals surface area contributed by atoms with Gasteiger partial charge in [-0.25, -0.2) is 0 Å². The predicted octanol–water partition coefficient (Wildman–Crippen LogP) is -1.10. The first-order valence-corrected chi connectivity index (χ1v) is 7.16. The van der Waals surface area contributed by atoms with Crippen LogP contribution in [0.3, 0.4) is 0 Å². The van der Waals surface area contributed by atoms with E-state index < -0.39 is 12.6 Å². The molecule has 1 atom stereocenters. The Labute approximate surface area is 132 Å². The van der Waals surface area contributed by atoms with Gasteiger partial charge in [0.2, 0.25) is 5.91 Å². The molecular formula is C13H20N4O4S. The number of carbonyl (C=O) groups excluding carboxylic acids is 2. The minimum atomic E-state index is -0.891. The van der Waals surface area contributed by atoms with Gasteiger partial charge < -0.3 is 19.9 Å². The Balaban J connectivity index is 2.98. The molecule has 1 amide bonds. The van der Waals surface area contributed by atoms with Crippen molar-refractivity contribution in [3.8, 4) is 0 Å². The Morgan fingerprint density at radius 1 is 1.55 bits per heavy atom. The molecule has 0 spiro atoms. The van der Waals surface area contributed by atoms with Crippen LogP contribution in [-0.2, 0) is 16.1 Å². The van der Waals surface area contributed by atoms with Crippen LogP contribution in [-0.4, -0.2) is 64.0 Å². The van der Waals surface area contributed by atoms with Gasteiger partial charge in [-0.1, -0.05) is 0 Å². The fourth-order valence-corrected chi connectivity index (χ4v) is 2.16. The number of nitrogens with zero attached hydrogens (tertiary/aromatic N) is 2. The minimum absolute atomic E-state index is 0.122. The molecule has 0 saturated carbocycles. The van der Waals surface area contributed by atoms with Gasteiger partial charge in [0.15, 0.2) is 10.6 Å². The van der Waals surface area contributed by atoms with Gasteiger partial charge in [0.1, 0.15) is 12.6 Å². The number of likely N-dealkylation sites (N-methyl/N-ethyl adjacent to an activating group) is 1. The zero-order valence-electron chi connectivity index (χ0n) is 12.5. The largest absolute Gasteiger partial charge is 0.394 e. The number of hydrogen-bond acceptors (Lipinski definition) is 6. The summed E-state index contributed by atoms with van der Waals surface area (Å²) in [5.74, 6) is -0.662. The quantitative estimate of drug-likeness (QED) is 0.523. The van der Waals surface area contributed by atoms with Gasteiger partial charge >= 0.3 is 0 Å². The number of nitrogens with one attached hydrogen (secondary N) is 2. The third-order valence-electron chi connectivity index (χ3n) is 3.14. The molecule has 22 heavy (non-hydrogen) atoms. The standard InChI is InChI=1S/C13H20N4O4S/c1-9(19)10(8-18)17(6-4-14-2)12(21)7-16-5-3-11(20)15-13(16)22/h3,5,10,14,18H,4,6-8H2,1-2H3,(H,15,20,22)/t10-/m1/s1. The summed E-state index contributed by atoms with van der Waals surface area (Å²) < 4.78 is 1.53. The first-order valence-electron chi connectivity index (χ1n) is 6.75. The molecule has 0 aliphatic heterocycles. The molecular weight excluding hydrogens is 308 g/mol. The maximum atomic E-state index is 12.4. The summed E-state index contributed by atoms with van der Waals surface area (Å²) in [5.41, 5.74) is -0.349. The summed E-state index contributed by atoms with van der Waals surface area (Å²) in [6, 6.07) is 0.369. The zero-order chi connectivity index (χ0) is 16.7. The minimum Gasteiger partial charge on any atom is -0.394 e. The maximum absolute atomic E-state index is 12.4. The van der Waals surface area contributed by atoms with Gasteiger partial charge in [-0.2, -0.15) is 0 Å². The van der Waals surface area contributed by atoms with Crippen LogP contribution in [0.1, 0.15) is 6.92 Å². The highest BCUT2D eigenvalue weighted by molar-refractivity contribution is 7.71. The number of rotatable bonds is 8. The monoisotopic (exact) mass is 328 g/mol. The van der Waals surface area contributed by atoms with E-state index in [-0.39, 0.29) is 35.1 Å². The molecule has 0 fully saturated rings. The smallest absolute Gasteiger partial charge is 0.251 e. The molecule has 1 rings (SSSR count). The van der Waals surface area contributed by atoms with Crippen molar-refractivity contribution in [3.05, 3.63) is 27.4 Å². The van der Waals surface area contributed by atoms with Crippen molar-refractivity contribution in [2.24, 2.45) is 0 Å². The Morgan fingerprint density at radius 2 is 2.23 bits per heavy atom. The van der Waals surface area contributed by atoms with E-state index in [0.29, 0.717) is 6.54 Å². The third-order valence-corrected chi connectivity index (χ3v) is 3.48. The van der Waals surface area contributed by atoms with E-state index in [0.717, 1.165) is 0 Å². The molecule has 1 aromatic heterocycles. The van der Waals surface area contributed by atoms with Crippen molar-refractivity contribution in [2.75, 3.05) is 26.7 Å². The molecule has 1 heterocycles. The SMILES string of the molecule is CNCCN(C(=O)Cn1ccc(=O)[nH]c1=S)[C@H](CO)C(C)=O. The van der Waals surface area contributed by atoms with Crippen molar-refractivity contribution >= 4 is 23.9 Å². The number of aromatic nitrogens is 2. The second kappa shape index (κ2) is 8.57. The van der Waals surface area contributed by atoms with Crippen LogP contribution in [0.5, 0.6) is 0 Å². The third kappa shape index (κ3) is 4.86. The number of aliphatic hydroxyl groups excluding tert-OH is 1. The average Bonchev–Trinajstić information content (AvgIpc) is 2.45. The average molecular weight is 328 g/mol. The molecule has 0 saturated heterocycles. The normalized spacial score (nSPS) is 12.0. The molecule has 8 nitrogen and oxygen atoms in total. The van der Waals surface area contributed by atoms with Gasteiger partial charge in [-0.15, -0.1) is 0 Å². The molecule has 0 radical (unpaired) electrons. The molecule has 0 aliphatic rings. The Bertz CT molecular complexity index is 639. The van der Waals surface area contributed by atoms with Gasteiger partial charge in [0.25, 0.3) is 5.56 Å². The van der Waals surface area contributed by atoms with Crippen LogP contribution in [0, 0.1) is 4.77 Å². The van der Waals surface area contributed by atoms with Crippen molar-refractivity contribution in [1.82, 2.24) is 19.8 Å². The van der Waals surface area contributed by atoms with Gasteiger partial charge in [0, 0.05) is 25.4 Å². The number of aliphatic hydroxyl groups is 1. The molecule has 9 heteroatoms. The predicted molar refractivity (Wildman–Crippen MR) is 83.1 cm³/mol. The molecule has 0 bridgehead atoms. The lowest BCUT2D eigenvalue weighted by Crippen LogP contribution is -2.50. The van der Waals surface area contributed by atoms with Crippen LogP contribution in [0.15, 0.2) is 17.1 Å². The number of ketones is 1. The number of Topliss-reactive ketones (excluding diaryl/α,β-unsaturated/α-hetero) is 1. The molecule has 1 aromatic rings. The van der Waals surface area contributed by atoms with Gasteiger partial charge in [-0.3, -0.25) is 19.4 Å². The number of hydrogen-bond donors (Lipinski definition) is 3. The zero-order valence-corrected chi connectivity index (χ0v) is 13.4. The lowest BCUT2D eigenvalue weighted by atomic mass is 10.1. The van der Waals surface area contributed by atoms with E-state index in [2.05, 4.69) is 10.3 Å². The Morgan fingerprint density at radius 3 is 2.73 bits per heavy atom. The van der Waals surface area contributed by atoms with Crippen molar-refractivity contribution in [2.45, 2.75) is 19.5 Å².